The van der Waals surface area contributed by atoms with Crippen LogP contribution in [0.1, 0.15) is 40.2 Å². The highest BCUT2D eigenvalue weighted by molar-refractivity contribution is 7.41. The van der Waals surface area contributed by atoms with Crippen LogP contribution >= 0.6 is 8.58 Å². The summed E-state index contributed by atoms with van der Waals surface area (Å²) in [6.07, 6.45) is 1.18. The molecular weight excluding hydrogens is 199 g/mol. The Hall–Kier alpha value is -0.350. The van der Waals surface area contributed by atoms with Crippen LogP contribution in [0.25, 0.3) is 0 Å². The summed E-state index contributed by atoms with van der Waals surface area (Å²) in [5.74, 6) is 0. The molecule has 1 unspecified atom stereocenters. The predicted molar refractivity (Wildman–Crippen MR) is 72.3 cm³/mol. The summed E-state index contributed by atoms with van der Waals surface area (Å²) in [5, 5.41) is 0.859. The molecule has 0 aliphatic carbocycles. The third-order valence-corrected chi connectivity index (χ3v) is 3.81. The second-order valence-corrected chi connectivity index (χ2v) is 9.02. The van der Waals surface area contributed by atoms with E-state index < -0.39 is 0 Å². The van der Waals surface area contributed by atoms with E-state index in [1.165, 1.54) is 12.0 Å². The fourth-order valence-corrected chi connectivity index (χ4v) is 4.49. The van der Waals surface area contributed by atoms with Crippen molar-refractivity contribution >= 4 is 8.58 Å². The van der Waals surface area contributed by atoms with Gasteiger partial charge in [-0.05, 0) is 22.3 Å². The molecule has 15 heavy (non-hydrogen) atoms. The highest BCUT2D eigenvalue weighted by atomic mass is 31.1. The van der Waals surface area contributed by atoms with Crippen molar-refractivity contribution in [2.24, 2.45) is 0 Å². The van der Waals surface area contributed by atoms with Crippen molar-refractivity contribution in [1.29, 1.82) is 0 Å². The number of rotatable bonds is 3. The van der Waals surface area contributed by atoms with Crippen LogP contribution in [0, 0.1) is 0 Å². The standard InChI is InChI=1S/C14H23P/c1-13(2,3)15-14(4,5)11-12-9-7-6-8-10-12/h6-10,15H,11H2,1-5H3. The minimum absolute atomic E-state index is 0.416. The van der Waals surface area contributed by atoms with Crippen LogP contribution in [0.3, 0.4) is 0 Å². The highest BCUT2D eigenvalue weighted by Gasteiger charge is 2.25. The van der Waals surface area contributed by atoms with Gasteiger partial charge in [0.25, 0.3) is 0 Å². The molecule has 0 aliphatic heterocycles. The third-order valence-electron chi connectivity index (χ3n) is 2.20. The van der Waals surface area contributed by atoms with Gasteiger partial charge in [-0.25, -0.2) is 0 Å². The van der Waals surface area contributed by atoms with E-state index in [1.807, 2.05) is 0 Å². The Morgan fingerprint density at radius 3 is 1.93 bits per heavy atom. The first kappa shape index (κ1) is 12.7. The molecule has 84 valence electrons. The molecule has 0 heterocycles. The molecule has 1 heteroatoms. The molecule has 1 aromatic rings. The average molecular weight is 222 g/mol. The Morgan fingerprint density at radius 2 is 1.47 bits per heavy atom. The second-order valence-electron chi connectivity index (χ2n) is 5.92. The number of hydrogen-bond donors (Lipinski definition) is 0. The predicted octanol–water partition coefficient (Wildman–Crippen LogP) is 4.48. The van der Waals surface area contributed by atoms with Gasteiger partial charge in [-0.2, -0.15) is 0 Å². The first-order valence-corrected chi connectivity index (χ1v) is 6.62. The van der Waals surface area contributed by atoms with E-state index in [0.29, 0.717) is 10.3 Å². The summed E-state index contributed by atoms with van der Waals surface area (Å²) in [4.78, 5) is 0. The molecule has 0 spiro atoms. The lowest BCUT2D eigenvalue weighted by Crippen LogP contribution is -2.23. The van der Waals surface area contributed by atoms with Gasteiger partial charge in [0.2, 0.25) is 0 Å². The third kappa shape index (κ3) is 5.33. The summed E-state index contributed by atoms with van der Waals surface area (Å²) >= 11 is 0. The maximum absolute atomic E-state index is 2.38. The van der Waals surface area contributed by atoms with Crippen LogP contribution in [0.5, 0.6) is 0 Å². The Labute approximate surface area is 96.3 Å². The molecule has 0 bridgehead atoms. The molecule has 0 saturated heterocycles. The van der Waals surface area contributed by atoms with Crippen LogP contribution in [-0.4, -0.2) is 10.3 Å². The Bertz CT molecular complexity index is 293. The van der Waals surface area contributed by atoms with Gasteiger partial charge in [-0.15, -0.1) is 8.58 Å². The summed E-state index contributed by atoms with van der Waals surface area (Å²) in [5.41, 5.74) is 1.46. The van der Waals surface area contributed by atoms with Crippen LogP contribution in [0.15, 0.2) is 30.3 Å². The fraction of sp³-hybridized carbons (Fsp3) is 0.571. The average Bonchev–Trinajstić information content (AvgIpc) is 1.99. The summed E-state index contributed by atoms with van der Waals surface area (Å²) in [6, 6.07) is 10.8. The minimum Gasteiger partial charge on any atom is -0.110 e. The van der Waals surface area contributed by atoms with Gasteiger partial charge < -0.3 is 0 Å². The number of benzene rings is 1. The lowest BCUT2D eigenvalue weighted by molar-refractivity contribution is 0.668. The molecule has 0 aliphatic rings. The smallest absolute Gasteiger partial charge is 0.0133 e. The maximum Gasteiger partial charge on any atom is -0.0133 e. The molecule has 0 fully saturated rings. The fourth-order valence-electron chi connectivity index (χ4n) is 2.17. The van der Waals surface area contributed by atoms with Gasteiger partial charge in [0.05, 0.1) is 0 Å². The van der Waals surface area contributed by atoms with Crippen LogP contribution in [-0.2, 0) is 6.42 Å². The monoisotopic (exact) mass is 222 g/mol. The lowest BCUT2D eigenvalue weighted by atomic mass is 10.0. The first-order valence-electron chi connectivity index (χ1n) is 5.62. The molecular formula is C14H23P. The van der Waals surface area contributed by atoms with Gasteiger partial charge in [0, 0.05) is 0 Å². The Kier molecular flexibility index (Phi) is 3.95. The van der Waals surface area contributed by atoms with E-state index in [4.69, 9.17) is 0 Å². The van der Waals surface area contributed by atoms with Crippen molar-refractivity contribution in [2.45, 2.75) is 51.4 Å². The summed E-state index contributed by atoms with van der Waals surface area (Å²) in [7, 11) is 0.994. The SMILES string of the molecule is CC(C)(C)PC(C)(C)Cc1ccccc1. The first-order chi connectivity index (χ1) is 6.79. The van der Waals surface area contributed by atoms with Gasteiger partial charge in [0.15, 0.2) is 0 Å². The highest BCUT2D eigenvalue weighted by Crippen LogP contribution is 2.44. The van der Waals surface area contributed by atoms with Crippen LogP contribution in [0.4, 0.5) is 0 Å². The molecule has 1 atom stereocenters. The van der Waals surface area contributed by atoms with E-state index in [-0.39, 0.29) is 0 Å². The number of hydrogen-bond acceptors (Lipinski definition) is 0. The van der Waals surface area contributed by atoms with E-state index >= 15 is 0 Å². The van der Waals surface area contributed by atoms with Crippen molar-refractivity contribution in [2.75, 3.05) is 0 Å². The zero-order valence-electron chi connectivity index (χ0n) is 10.6. The van der Waals surface area contributed by atoms with E-state index in [0.717, 1.165) is 8.58 Å². The Morgan fingerprint density at radius 1 is 0.933 bits per heavy atom. The largest absolute Gasteiger partial charge is 0.110 e. The van der Waals surface area contributed by atoms with Gasteiger partial charge >= 0.3 is 0 Å². The van der Waals surface area contributed by atoms with Crippen molar-refractivity contribution in [3.8, 4) is 0 Å². The topological polar surface area (TPSA) is 0 Å². The molecule has 0 N–H and O–H groups in total. The minimum atomic E-state index is 0.416. The van der Waals surface area contributed by atoms with Gasteiger partial charge in [-0.3, -0.25) is 0 Å². The van der Waals surface area contributed by atoms with Crippen LogP contribution < -0.4 is 0 Å². The molecule has 1 rings (SSSR count). The molecule has 0 radical (unpaired) electrons. The lowest BCUT2D eigenvalue weighted by Gasteiger charge is -2.32. The zero-order chi connectivity index (χ0) is 11.5. The molecule has 0 aromatic heterocycles. The van der Waals surface area contributed by atoms with E-state index in [1.54, 1.807) is 0 Å². The van der Waals surface area contributed by atoms with Gasteiger partial charge in [0.1, 0.15) is 0 Å². The zero-order valence-corrected chi connectivity index (χ0v) is 11.6. The van der Waals surface area contributed by atoms with E-state index in [2.05, 4.69) is 65.0 Å². The molecule has 0 nitrogen and oxygen atoms in total. The van der Waals surface area contributed by atoms with Crippen molar-refractivity contribution in [3.05, 3.63) is 35.9 Å². The Balaban J connectivity index is 2.65. The van der Waals surface area contributed by atoms with Crippen LogP contribution in [0.2, 0.25) is 0 Å². The van der Waals surface area contributed by atoms with Crippen molar-refractivity contribution in [3.63, 3.8) is 0 Å². The quantitative estimate of drug-likeness (QED) is 0.661. The molecule has 0 saturated carbocycles. The van der Waals surface area contributed by atoms with E-state index in [9.17, 15) is 0 Å². The maximum atomic E-state index is 2.38. The second kappa shape index (κ2) is 4.66. The van der Waals surface area contributed by atoms with Crippen molar-refractivity contribution < 1.29 is 0 Å². The molecule has 0 amide bonds. The summed E-state index contributed by atoms with van der Waals surface area (Å²) < 4.78 is 0. The molecule has 1 aromatic carbocycles. The normalized spacial score (nSPS) is 13.7. The summed E-state index contributed by atoms with van der Waals surface area (Å²) in [6.45, 7) is 11.8. The van der Waals surface area contributed by atoms with Crippen molar-refractivity contribution in [1.82, 2.24) is 0 Å². The van der Waals surface area contributed by atoms with Gasteiger partial charge in [-0.1, -0.05) is 65.0 Å².